The van der Waals surface area contributed by atoms with Crippen LogP contribution in [0.5, 0.6) is 5.75 Å². The number of hydrogen-bond acceptors (Lipinski definition) is 8. The van der Waals surface area contributed by atoms with Crippen molar-refractivity contribution in [2.75, 3.05) is 23.3 Å². The minimum atomic E-state index is -1.05. The van der Waals surface area contributed by atoms with Crippen LogP contribution >= 0.6 is 0 Å². The monoisotopic (exact) mass is 509 g/mol. The summed E-state index contributed by atoms with van der Waals surface area (Å²) in [6, 6.07) is 15.8. The Balaban J connectivity index is 1.60. The highest BCUT2D eigenvalue weighted by Crippen LogP contribution is 2.27. The maximum absolute atomic E-state index is 13.9. The highest BCUT2D eigenvalue weighted by molar-refractivity contribution is 5.81. The number of hydrazone groups is 2. The fourth-order valence-electron chi connectivity index (χ4n) is 3.06. The number of nitrogens with zero attached hydrogens (tertiary/aromatic N) is 4. The Hall–Kier alpha value is -5.00. The van der Waals surface area contributed by atoms with E-state index in [4.69, 9.17) is 4.74 Å². The molecule has 0 spiro atoms. The lowest BCUT2D eigenvalue weighted by Gasteiger charge is -2.11. The fraction of sp³-hybridized carbons (Fsp3) is 0.0400. The maximum atomic E-state index is 13.9. The van der Waals surface area contributed by atoms with Gasteiger partial charge in [0.25, 0.3) is 0 Å². The van der Waals surface area contributed by atoms with Crippen molar-refractivity contribution in [3.05, 3.63) is 101 Å². The minimum Gasteiger partial charge on any atom is -0.495 e. The molecule has 1 heterocycles. The van der Waals surface area contributed by atoms with Crippen LogP contribution in [0, 0.1) is 23.3 Å². The van der Waals surface area contributed by atoms with Crippen molar-refractivity contribution in [3.63, 3.8) is 0 Å². The van der Waals surface area contributed by atoms with Crippen molar-refractivity contribution in [3.8, 4) is 5.75 Å². The van der Waals surface area contributed by atoms with Crippen molar-refractivity contribution in [1.82, 2.24) is 9.97 Å². The molecule has 0 bridgehead atoms. The number of para-hydroxylation sites is 2. The molecule has 4 rings (SSSR count). The molecule has 188 valence electrons. The van der Waals surface area contributed by atoms with E-state index < -0.39 is 23.3 Å². The molecule has 0 fully saturated rings. The number of hydrogen-bond donors (Lipinski definition) is 3. The summed E-state index contributed by atoms with van der Waals surface area (Å²) >= 11 is 0. The lowest BCUT2D eigenvalue weighted by atomic mass is 10.2. The van der Waals surface area contributed by atoms with Crippen molar-refractivity contribution in [2.24, 2.45) is 10.2 Å². The summed E-state index contributed by atoms with van der Waals surface area (Å²) in [7, 11) is 1.51. The highest BCUT2D eigenvalue weighted by atomic mass is 19.2. The molecule has 3 aromatic carbocycles. The smallest absolute Gasteiger partial charge is 0.231 e. The van der Waals surface area contributed by atoms with Crippen LogP contribution in [0.4, 0.5) is 40.8 Å². The predicted molar refractivity (Wildman–Crippen MR) is 133 cm³/mol. The first-order valence-corrected chi connectivity index (χ1v) is 10.7. The van der Waals surface area contributed by atoms with Gasteiger partial charge in [-0.05, 0) is 24.3 Å². The number of anilines is 4. The second-order valence-electron chi connectivity index (χ2n) is 7.31. The zero-order valence-corrected chi connectivity index (χ0v) is 19.2. The molecular formula is C25H19F4N7O. The molecule has 0 atom stereocenters. The third kappa shape index (κ3) is 6.36. The topological polar surface area (TPSA) is 95.8 Å². The molecule has 0 aliphatic carbocycles. The first-order chi connectivity index (χ1) is 17.9. The van der Waals surface area contributed by atoms with Crippen LogP contribution < -0.4 is 20.9 Å². The van der Waals surface area contributed by atoms with Crippen LogP contribution in [-0.2, 0) is 0 Å². The lowest BCUT2D eigenvalue weighted by Crippen LogP contribution is -2.05. The molecular weight excluding hydrogens is 490 g/mol. The Labute approximate surface area is 208 Å². The highest BCUT2D eigenvalue weighted by Gasteiger charge is 2.09. The van der Waals surface area contributed by atoms with E-state index >= 15 is 0 Å². The molecule has 0 amide bonds. The van der Waals surface area contributed by atoms with Crippen molar-refractivity contribution in [1.29, 1.82) is 0 Å². The molecule has 37 heavy (non-hydrogen) atoms. The number of ether oxygens (including phenoxy) is 1. The number of benzene rings is 3. The van der Waals surface area contributed by atoms with Crippen LogP contribution in [0.3, 0.4) is 0 Å². The Morgan fingerprint density at radius 1 is 0.730 bits per heavy atom. The van der Waals surface area contributed by atoms with Crippen LogP contribution in [0.25, 0.3) is 0 Å². The molecule has 1 aromatic heterocycles. The summed E-state index contributed by atoms with van der Waals surface area (Å²) in [4.78, 5) is 8.59. The van der Waals surface area contributed by atoms with Gasteiger partial charge in [-0.25, -0.2) is 17.6 Å². The molecule has 12 heteroatoms. The second kappa shape index (κ2) is 11.6. The first-order valence-electron chi connectivity index (χ1n) is 10.7. The second-order valence-corrected chi connectivity index (χ2v) is 7.31. The molecule has 3 N–H and O–H groups in total. The van der Waals surface area contributed by atoms with Crippen LogP contribution in [0.15, 0.2) is 76.9 Å². The largest absolute Gasteiger partial charge is 0.495 e. The van der Waals surface area contributed by atoms with Gasteiger partial charge in [-0.3, -0.25) is 10.9 Å². The van der Waals surface area contributed by atoms with Gasteiger partial charge in [0.15, 0.2) is 34.9 Å². The number of nitrogens with one attached hydrogen (secondary N) is 3. The van der Waals surface area contributed by atoms with E-state index in [1.165, 1.54) is 37.4 Å². The molecule has 8 nitrogen and oxygen atoms in total. The number of methoxy groups -OCH3 is 1. The normalized spacial score (nSPS) is 11.2. The number of aromatic nitrogens is 2. The molecule has 0 saturated heterocycles. The van der Waals surface area contributed by atoms with Crippen LogP contribution in [0.2, 0.25) is 0 Å². The zero-order chi connectivity index (χ0) is 26.2. The summed E-state index contributed by atoms with van der Waals surface area (Å²) in [6.45, 7) is 0. The summed E-state index contributed by atoms with van der Waals surface area (Å²) in [6.07, 6.45) is 2.18. The zero-order valence-electron chi connectivity index (χ0n) is 19.2. The van der Waals surface area contributed by atoms with Gasteiger partial charge in [0.2, 0.25) is 5.95 Å². The quantitative estimate of drug-likeness (QED) is 0.153. The summed E-state index contributed by atoms with van der Waals surface area (Å²) in [5, 5.41) is 10.8. The Kier molecular flexibility index (Phi) is 7.88. The van der Waals surface area contributed by atoms with Crippen LogP contribution in [-0.4, -0.2) is 29.5 Å². The fourth-order valence-corrected chi connectivity index (χ4v) is 3.06. The van der Waals surface area contributed by atoms with E-state index in [-0.39, 0.29) is 28.7 Å². The molecule has 0 aliphatic rings. The van der Waals surface area contributed by atoms with Crippen molar-refractivity contribution < 1.29 is 22.3 Å². The average Bonchev–Trinajstić information content (AvgIpc) is 2.89. The average molecular weight is 509 g/mol. The summed E-state index contributed by atoms with van der Waals surface area (Å²) in [5.41, 5.74) is 5.64. The van der Waals surface area contributed by atoms with E-state index in [1.54, 1.807) is 24.3 Å². The molecule has 0 radical (unpaired) electrons. The first kappa shape index (κ1) is 25.1. The number of rotatable bonds is 9. The van der Waals surface area contributed by atoms with Gasteiger partial charge in [0.05, 0.1) is 25.2 Å². The van der Waals surface area contributed by atoms with Crippen molar-refractivity contribution >= 4 is 35.7 Å². The van der Waals surface area contributed by atoms with Gasteiger partial charge < -0.3 is 10.1 Å². The molecule has 0 saturated carbocycles. The van der Waals surface area contributed by atoms with Gasteiger partial charge in [-0.15, -0.1) is 0 Å². The minimum absolute atomic E-state index is 0.0750. The van der Waals surface area contributed by atoms with E-state index in [2.05, 4.69) is 36.3 Å². The van der Waals surface area contributed by atoms with Crippen LogP contribution in [0.1, 0.15) is 11.1 Å². The third-order valence-corrected chi connectivity index (χ3v) is 4.81. The van der Waals surface area contributed by atoms with Gasteiger partial charge in [0.1, 0.15) is 5.75 Å². The van der Waals surface area contributed by atoms with Gasteiger partial charge in [-0.2, -0.15) is 20.2 Å². The SMILES string of the molecule is COc1ccccc1Nc1nc(NN=Cc2cccc(F)c2F)cc(NN=Cc2cccc(F)c2F)n1. The summed E-state index contributed by atoms with van der Waals surface area (Å²) < 4.78 is 59.9. The van der Waals surface area contributed by atoms with E-state index in [9.17, 15) is 17.6 Å². The Morgan fingerprint density at radius 2 is 1.27 bits per heavy atom. The molecule has 4 aromatic rings. The molecule has 0 unspecified atom stereocenters. The number of halogens is 4. The van der Waals surface area contributed by atoms with E-state index in [1.807, 2.05) is 0 Å². The van der Waals surface area contributed by atoms with Gasteiger partial charge in [-0.1, -0.05) is 36.4 Å². The van der Waals surface area contributed by atoms with Crippen molar-refractivity contribution in [2.45, 2.75) is 0 Å². The maximum Gasteiger partial charge on any atom is 0.231 e. The lowest BCUT2D eigenvalue weighted by molar-refractivity contribution is 0.417. The standard InChI is InChI=1S/C25H19F4N7O/c1-37-20-11-3-2-10-19(20)32-25-33-21(35-30-13-15-6-4-8-17(26)23(15)28)12-22(34-25)36-31-14-16-7-5-9-18(27)24(16)29/h2-14H,1H3,(H3,32,33,34,35,36). The van der Waals surface area contributed by atoms with Gasteiger partial charge >= 0.3 is 0 Å². The molecule has 0 aliphatic heterocycles. The summed E-state index contributed by atoms with van der Waals surface area (Å²) in [5.74, 6) is -3.19. The Bertz CT molecular complexity index is 1380. The Morgan fingerprint density at radius 3 is 1.81 bits per heavy atom. The van der Waals surface area contributed by atoms with E-state index in [0.29, 0.717) is 11.4 Å². The third-order valence-electron chi connectivity index (χ3n) is 4.81. The predicted octanol–water partition coefficient (Wildman–Crippen LogP) is 5.68. The van der Waals surface area contributed by atoms with Gasteiger partial charge in [0, 0.05) is 17.2 Å². The van der Waals surface area contributed by atoms with E-state index in [0.717, 1.165) is 24.6 Å².